The van der Waals surface area contributed by atoms with Crippen molar-refractivity contribution in [2.75, 3.05) is 11.9 Å². The summed E-state index contributed by atoms with van der Waals surface area (Å²) in [6.45, 7) is 6.03. The summed E-state index contributed by atoms with van der Waals surface area (Å²) in [7, 11) is 0. The van der Waals surface area contributed by atoms with Crippen LogP contribution in [-0.2, 0) is 11.2 Å². The van der Waals surface area contributed by atoms with Crippen LogP contribution in [0.25, 0.3) is 0 Å². The number of benzene rings is 1. The third kappa shape index (κ3) is 4.53. The molecule has 1 aromatic heterocycles. The number of ether oxygens (including phenoxy) is 1. The van der Waals surface area contributed by atoms with Crippen LogP contribution in [-0.4, -0.2) is 22.7 Å². The van der Waals surface area contributed by atoms with E-state index in [1.165, 1.54) is 11.3 Å². The first-order valence-electron chi connectivity index (χ1n) is 7.41. The zero-order valence-electron chi connectivity index (χ0n) is 13.2. The summed E-state index contributed by atoms with van der Waals surface area (Å²) >= 11 is 1.42. The second-order valence-electron chi connectivity index (χ2n) is 5.16. The van der Waals surface area contributed by atoms with E-state index in [0.717, 1.165) is 41.1 Å². The van der Waals surface area contributed by atoms with Gasteiger partial charge in [-0.25, -0.2) is 0 Å². The van der Waals surface area contributed by atoms with Gasteiger partial charge in [0.15, 0.2) is 6.61 Å². The third-order valence-corrected chi connectivity index (χ3v) is 4.11. The Balaban J connectivity index is 1.86. The number of nitrogens with one attached hydrogen (secondary N) is 1. The fourth-order valence-corrected chi connectivity index (χ4v) is 2.85. The Morgan fingerprint density at radius 3 is 2.68 bits per heavy atom. The van der Waals surface area contributed by atoms with E-state index in [2.05, 4.69) is 22.4 Å². The summed E-state index contributed by atoms with van der Waals surface area (Å²) < 4.78 is 5.62. The molecule has 2 rings (SSSR count). The minimum atomic E-state index is -0.221. The van der Waals surface area contributed by atoms with Gasteiger partial charge in [-0.3, -0.25) is 10.1 Å². The van der Waals surface area contributed by atoms with Gasteiger partial charge >= 0.3 is 0 Å². The van der Waals surface area contributed by atoms with Crippen molar-refractivity contribution in [1.82, 2.24) is 10.2 Å². The number of carbonyl (C=O) groups is 1. The van der Waals surface area contributed by atoms with Crippen molar-refractivity contribution in [1.29, 1.82) is 0 Å². The molecule has 22 heavy (non-hydrogen) atoms. The quantitative estimate of drug-likeness (QED) is 0.848. The molecule has 0 aliphatic rings. The van der Waals surface area contributed by atoms with Crippen molar-refractivity contribution in [3.8, 4) is 5.75 Å². The van der Waals surface area contributed by atoms with Crippen LogP contribution in [0.1, 0.15) is 35.9 Å². The van der Waals surface area contributed by atoms with Crippen LogP contribution in [0.2, 0.25) is 0 Å². The molecule has 0 saturated carbocycles. The number of para-hydroxylation sites is 1. The maximum atomic E-state index is 11.9. The van der Waals surface area contributed by atoms with E-state index in [0.29, 0.717) is 5.13 Å². The Kier molecular flexibility index (Phi) is 5.89. The zero-order valence-corrected chi connectivity index (χ0v) is 14.0. The van der Waals surface area contributed by atoms with E-state index in [4.69, 9.17) is 4.74 Å². The maximum absolute atomic E-state index is 11.9. The van der Waals surface area contributed by atoms with Crippen LogP contribution >= 0.6 is 11.3 Å². The zero-order chi connectivity index (χ0) is 15.9. The van der Waals surface area contributed by atoms with Gasteiger partial charge in [-0.15, -0.1) is 10.2 Å². The number of hydrogen-bond acceptors (Lipinski definition) is 5. The molecule has 0 atom stereocenters. The Morgan fingerprint density at radius 1 is 1.27 bits per heavy atom. The molecule has 1 aromatic carbocycles. The minimum absolute atomic E-state index is 0.0322. The van der Waals surface area contributed by atoms with E-state index >= 15 is 0 Å². The van der Waals surface area contributed by atoms with E-state index < -0.39 is 0 Å². The minimum Gasteiger partial charge on any atom is -0.483 e. The summed E-state index contributed by atoms with van der Waals surface area (Å²) in [6, 6.07) is 5.90. The molecule has 0 saturated heterocycles. The van der Waals surface area contributed by atoms with E-state index in [-0.39, 0.29) is 12.5 Å². The number of rotatable bonds is 7. The summed E-state index contributed by atoms with van der Waals surface area (Å²) in [6.07, 6.45) is 3.10. The van der Waals surface area contributed by atoms with Gasteiger partial charge in [0.1, 0.15) is 10.8 Å². The first kappa shape index (κ1) is 16.4. The summed E-state index contributed by atoms with van der Waals surface area (Å²) in [5.74, 6) is 0.541. The summed E-state index contributed by atoms with van der Waals surface area (Å²) in [4.78, 5) is 11.9. The second kappa shape index (κ2) is 7.89. The van der Waals surface area contributed by atoms with Crippen LogP contribution in [0.15, 0.2) is 18.2 Å². The predicted molar refractivity (Wildman–Crippen MR) is 88.6 cm³/mol. The van der Waals surface area contributed by atoms with Crippen molar-refractivity contribution in [2.24, 2.45) is 0 Å². The van der Waals surface area contributed by atoms with Crippen LogP contribution in [0.4, 0.5) is 5.13 Å². The largest absolute Gasteiger partial charge is 0.483 e. The maximum Gasteiger partial charge on any atom is 0.264 e. The molecular formula is C16H21N3O2S. The van der Waals surface area contributed by atoms with Crippen molar-refractivity contribution in [3.63, 3.8) is 0 Å². The third-order valence-electron chi connectivity index (χ3n) is 3.21. The fraction of sp³-hybridized carbons (Fsp3) is 0.438. The van der Waals surface area contributed by atoms with Gasteiger partial charge in [0.05, 0.1) is 0 Å². The number of anilines is 1. The lowest BCUT2D eigenvalue weighted by molar-refractivity contribution is -0.118. The predicted octanol–water partition coefficient (Wildman–Crippen LogP) is 3.52. The van der Waals surface area contributed by atoms with Crippen LogP contribution < -0.4 is 10.1 Å². The molecule has 0 spiro atoms. The Hall–Kier alpha value is -1.95. The molecule has 6 heteroatoms. The Morgan fingerprint density at radius 2 is 2.00 bits per heavy atom. The lowest BCUT2D eigenvalue weighted by atomic mass is 10.1. The molecule has 1 N–H and O–H groups in total. The SMILES string of the molecule is CCCCc1nnc(NC(=O)COc2c(C)cccc2C)s1. The van der Waals surface area contributed by atoms with Gasteiger partial charge in [0.25, 0.3) is 5.91 Å². The molecule has 1 amide bonds. The van der Waals surface area contributed by atoms with Gasteiger partial charge in [-0.1, -0.05) is 42.9 Å². The first-order chi connectivity index (χ1) is 10.6. The van der Waals surface area contributed by atoms with Gasteiger partial charge in [-0.2, -0.15) is 0 Å². The van der Waals surface area contributed by atoms with E-state index in [1.807, 2.05) is 32.0 Å². The average Bonchev–Trinajstić information content (AvgIpc) is 2.92. The van der Waals surface area contributed by atoms with E-state index in [9.17, 15) is 4.79 Å². The molecular weight excluding hydrogens is 298 g/mol. The van der Waals surface area contributed by atoms with E-state index in [1.54, 1.807) is 0 Å². The summed E-state index contributed by atoms with van der Waals surface area (Å²) in [5.41, 5.74) is 2.04. The highest BCUT2D eigenvalue weighted by Gasteiger charge is 2.10. The lowest BCUT2D eigenvalue weighted by Gasteiger charge is -2.11. The topological polar surface area (TPSA) is 64.1 Å². The first-order valence-corrected chi connectivity index (χ1v) is 8.23. The molecule has 118 valence electrons. The number of hydrogen-bond donors (Lipinski definition) is 1. The highest BCUT2D eigenvalue weighted by molar-refractivity contribution is 7.15. The highest BCUT2D eigenvalue weighted by atomic mass is 32.1. The highest BCUT2D eigenvalue weighted by Crippen LogP contribution is 2.22. The number of amides is 1. The number of unbranched alkanes of at least 4 members (excludes halogenated alkanes) is 1. The normalized spacial score (nSPS) is 10.5. The molecule has 0 fully saturated rings. The molecule has 0 radical (unpaired) electrons. The van der Waals surface area contributed by atoms with Gasteiger partial charge in [0, 0.05) is 6.42 Å². The number of aromatic nitrogens is 2. The number of nitrogens with zero attached hydrogens (tertiary/aromatic N) is 2. The second-order valence-corrected chi connectivity index (χ2v) is 6.22. The summed E-state index contributed by atoms with van der Waals surface area (Å²) in [5, 5.41) is 12.3. The van der Waals surface area contributed by atoms with Crippen LogP contribution in [0.5, 0.6) is 5.75 Å². The molecule has 0 aliphatic carbocycles. The Bertz CT molecular complexity index is 620. The van der Waals surface area contributed by atoms with Gasteiger partial charge in [-0.05, 0) is 31.4 Å². The van der Waals surface area contributed by atoms with Crippen LogP contribution in [0, 0.1) is 13.8 Å². The van der Waals surface area contributed by atoms with Gasteiger partial charge < -0.3 is 4.74 Å². The fourth-order valence-electron chi connectivity index (χ4n) is 2.05. The molecule has 2 aromatic rings. The molecule has 0 aliphatic heterocycles. The standard InChI is InChI=1S/C16H21N3O2S/c1-4-5-9-14-18-19-16(22-14)17-13(20)10-21-15-11(2)7-6-8-12(15)3/h6-8H,4-5,9-10H2,1-3H3,(H,17,19,20). The molecule has 1 heterocycles. The van der Waals surface area contributed by atoms with Crippen molar-refractivity contribution in [3.05, 3.63) is 34.3 Å². The van der Waals surface area contributed by atoms with Crippen LogP contribution in [0.3, 0.4) is 0 Å². The number of carbonyl (C=O) groups excluding carboxylic acids is 1. The van der Waals surface area contributed by atoms with Crippen molar-refractivity contribution < 1.29 is 9.53 Å². The molecule has 5 nitrogen and oxygen atoms in total. The molecule has 0 unspecified atom stereocenters. The van der Waals surface area contributed by atoms with Crippen molar-refractivity contribution >= 4 is 22.4 Å². The molecule has 0 bridgehead atoms. The lowest BCUT2D eigenvalue weighted by Crippen LogP contribution is -2.20. The smallest absolute Gasteiger partial charge is 0.264 e. The Labute approximate surface area is 134 Å². The van der Waals surface area contributed by atoms with Crippen molar-refractivity contribution in [2.45, 2.75) is 40.0 Å². The number of aryl methyl sites for hydroxylation is 3. The van der Waals surface area contributed by atoms with Gasteiger partial charge in [0.2, 0.25) is 5.13 Å². The average molecular weight is 319 g/mol. The monoisotopic (exact) mass is 319 g/mol.